The molecule has 2 heterocycles. The van der Waals surface area contributed by atoms with E-state index in [1.165, 1.54) is 12.8 Å². The highest BCUT2D eigenvalue weighted by atomic mass is 16.2. The van der Waals surface area contributed by atoms with Gasteiger partial charge < -0.3 is 15.5 Å². The van der Waals surface area contributed by atoms with Gasteiger partial charge in [-0.2, -0.15) is 0 Å². The van der Waals surface area contributed by atoms with E-state index in [1.807, 2.05) is 9.80 Å². The van der Waals surface area contributed by atoms with Gasteiger partial charge in [0.15, 0.2) is 0 Å². The van der Waals surface area contributed by atoms with Gasteiger partial charge in [-0.25, -0.2) is 0 Å². The highest BCUT2D eigenvalue weighted by Crippen LogP contribution is 2.33. The van der Waals surface area contributed by atoms with Gasteiger partial charge in [-0.3, -0.25) is 9.59 Å². The third-order valence-corrected chi connectivity index (χ3v) is 4.41. The zero-order valence-electron chi connectivity index (χ0n) is 10.7. The van der Waals surface area contributed by atoms with Crippen molar-refractivity contribution in [1.29, 1.82) is 0 Å². The molecule has 0 aromatic carbocycles. The number of rotatable bonds is 3. The lowest BCUT2D eigenvalue weighted by molar-refractivity contribution is -0.140. The molecule has 2 unspecified atom stereocenters. The lowest BCUT2D eigenvalue weighted by Crippen LogP contribution is -2.56. The minimum Gasteiger partial charge on any atom is -0.338 e. The molecule has 1 aliphatic carbocycles. The predicted molar refractivity (Wildman–Crippen MR) is 66.6 cm³/mol. The Labute approximate surface area is 107 Å². The Morgan fingerprint density at radius 2 is 2.11 bits per heavy atom. The molecule has 5 heteroatoms. The van der Waals surface area contributed by atoms with E-state index in [-0.39, 0.29) is 23.9 Å². The summed E-state index contributed by atoms with van der Waals surface area (Å²) in [5.74, 6) is 1.01. The number of fused-ring (bicyclic) bond motifs is 1. The van der Waals surface area contributed by atoms with Crippen LogP contribution >= 0.6 is 0 Å². The quantitative estimate of drug-likeness (QED) is 0.764. The van der Waals surface area contributed by atoms with E-state index in [9.17, 15) is 9.59 Å². The fourth-order valence-electron chi connectivity index (χ4n) is 3.11. The number of carbonyl (C=O) groups is 2. The molecule has 1 saturated carbocycles. The maximum atomic E-state index is 12.2. The first-order chi connectivity index (χ1) is 8.65. The second-order valence-corrected chi connectivity index (χ2v) is 5.85. The van der Waals surface area contributed by atoms with Crippen molar-refractivity contribution in [3.63, 3.8) is 0 Å². The summed E-state index contributed by atoms with van der Waals surface area (Å²) in [6.45, 7) is 2.02. The normalized spacial score (nSPS) is 29.4. The van der Waals surface area contributed by atoms with Crippen LogP contribution in [0.1, 0.15) is 32.1 Å². The molecule has 2 saturated heterocycles. The van der Waals surface area contributed by atoms with E-state index in [1.54, 1.807) is 0 Å². The van der Waals surface area contributed by atoms with Gasteiger partial charge in [-0.15, -0.1) is 0 Å². The summed E-state index contributed by atoms with van der Waals surface area (Å²) in [7, 11) is 0. The lowest BCUT2D eigenvalue weighted by atomic mass is 10.1. The lowest BCUT2D eigenvalue weighted by Gasteiger charge is -2.38. The molecule has 3 fully saturated rings. The monoisotopic (exact) mass is 251 g/mol. The van der Waals surface area contributed by atoms with E-state index < -0.39 is 0 Å². The molecule has 0 radical (unpaired) electrons. The van der Waals surface area contributed by atoms with Crippen molar-refractivity contribution in [1.82, 2.24) is 9.80 Å². The zero-order valence-corrected chi connectivity index (χ0v) is 10.7. The Hall–Kier alpha value is -1.10. The zero-order chi connectivity index (χ0) is 12.7. The summed E-state index contributed by atoms with van der Waals surface area (Å²) in [6, 6.07) is -0.0931. The van der Waals surface area contributed by atoms with Crippen molar-refractivity contribution in [3.8, 4) is 0 Å². The Kier molecular flexibility index (Phi) is 3.01. The number of hydrogen-bond acceptors (Lipinski definition) is 3. The summed E-state index contributed by atoms with van der Waals surface area (Å²) in [6.07, 6.45) is 4.82. The molecule has 2 N–H and O–H groups in total. The van der Waals surface area contributed by atoms with E-state index in [2.05, 4.69) is 0 Å². The standard InChI is InChI=1S/C13H21N3O2/c14-11(7-9-1-2-9)13(18)15-5-6-16-10(8-15)3-4-12(16)17/h9-11H,1-8,14H2. The topological polar surface area (TPSA) is 66.6 Å². The second kappa shape index (κ2) is 4.53. The summed E-state index contributed by atoms with van der Waals surface area (Å²) >= 11 is 0. The number of carbonyl (C=O) groups excluding carboxylic acids is 2. The molecule has 2 amide bonds. The van der Waals surface area contributed by atoms with E-state index in [4.69, 9.17) is 5.73 Å². The van der Waals surface area contributed by atoms with Crippen molar-refractivity contribution in [2.45, 2.75) is 44.2 Å². The Morgan fingerprint density at radius 3 is 2.83 bits per heavy atom. The van der Waals surface area contributed by atoms with E-state index in [0.717, 1.165) is 12.8 Å². The molecule has 3 rings (SSSR count). The minimum absolute atomic E-state index is 0.0842. The van der Waals surface area contributed by atoms with Crippen LogP contribution in [-0.2, 0) is 9.59 Å². The third-order valence-electron chi connectivity index (χ3n) is 4.41. The maximum absolute atomic E-state index is 12.2. The van der Waals surface area contributed by atoms with Crippen LogP contribution in [0.5, 0.6) is 0 Å². The molecule has 0 aromatic heterocycles. The Balaban J connectivity index is 1.56. The number of nitrogens with zero attached hydrogens (tertiary/aromatic N) is 2. The van der Waals surface area contributed by atoms with Gasteiger partial charge >= 0.3 is 0 Å². The van der Waals surface area contributed by atoms with Crippen LogP contribution in [0.3, 0.4) is 0 Å². The average Bonchev–Trinajstić information content (AvgIpc) is 3.11. The van der Waals surface area contributed by atoms with Crippen molar-refractivity contribution in [2.24, 2.45) is 11.7 Å². The summed E-state index contributed by atoms with van der Waals surface area (Å²) < 4.78 is 0. The Bertz CT molecular complexity index is 367. The SMILES string of the molecule is NC(CC1CC1)C(=O)N1CCN2C(=O)CCC2C1. The van der Waals surface area contributed by atoms with Gasteiger partial charge in [0.25, 0.3) is 0 Å². The number of hydrogen-bond donors (Lipinski definition) is 1. The molecular formula is C13H21N3O2. The van der Waals surface area contributed by atoms with Crippen molar-refractivity contribution < 1.29 is 9.59 Å². The molecule has 0 bridgehead atoms. The molecule has 5 nitrogen and oxygen atoms in total. The summed E-state index contributed by atoms with van der Waals surface area (Å²) in [4.78, 5) is 27.6. The fraction of sp³-hybridized carbons (Fsp3) is 0.846. The molecule has 2 atom stereocenters. The van der Waals surface area contributed by atoms with Crippen molar-refractivity contribution in [2.75, 3.05) is 19.6 Å². The molecule has 2 aliphatic heterocycles. The van der Waals surface area contributed by atoms with Crippen LogP contribution in [0.4, 0.5) is 0 Å². The number of amides is 2. The Morgan fingerprint density at radius 1 is 1.33 bits per heavy atom. The van der Waals surface area contributed by atoms with Crippen LogP contribution in [0.15, 0.2) is 0 Å². The largest absolute Gasteiger partial charge is 0.338 e. The fourth-order valence-corrected chi connectivity index (χ4v) is 3.11. The molecule has 18 heavy (non-hydrogen) atoms. The summed E-state index contributed by atoms with van der Waals surface area (Å²) in [5, 5.41) is 0. The first-order valence-electron chi connectivity index (χ1n) is 6.99. The van der Waals surface area contributed by atoms with E-state index in [0.29, 0.717) is 32.0 Å². The first kappa shape index (κ1) is 12.0. The first-order valence-corrected chi connectivity index (χ1v) is 6.99. The van der Waals surface area contributed by atoms with Gasteiger partial charge in [0.05, 0.1) is 6.04 Å². The predicted octanol–water partition coefficient (Wildman–Crippen LogP) is -0.0530. The van der Waals surface area contributed by atoms with E-state index >= 15 is 0 Å². The van der Waals surface area contributed by atoms with Gasteiger partial charge in [-0.1, -0.05) is 12.8 Å². The number of nitrogens with two attached hydrogens (primary N) is 1. The molecule has 3 aliphatic rings. The van der Waals surface area contributed by atoms with Crippen LogP contribution < -0.4 is 5.73 Å². The van der Waals surface area contributed by atoms with Crippen molar-refractivity contribution >= 4 is 11.8 Å². The highest BCUT2D eigenvalue weighted by molar-refractivity contribution is 5.83. The molecule has 0 aromatic rings. The maximum Gasteiger partial charge on any atom is 0.239 e. The van der Waals surface area contributed by atoms with Crippen molar-refractivity contribution in [3.05, 3.63) is 0 Å². The van der Waals surface area contributed by atoms with Crippen LogP contribution in [0.2, 0.25) is 0 Å². The van der Waals surface area contributed by atoms with Gasteiger partial charge in [0, 0.05) is 32.1 Å². The molecule has 0 spiro atoms. The van der Waals surface area contributed by atoms with Gasteiger partial charge in [0.1, 0.15) is 0 Å². The van der Waals surface area contributed by atoms with Gasteiger partial charge in [0.2, 0.25) is 11.8 Å². The average molecular weight is 251 g/mol. The smallest absolute Gasteiger partial charge is 0.239 e. The molecule has 100 valence electrons. The summed E-state index contributed by atoms with van der Waals surface area (Å²) in [5.41, 5.74) is 5.98. The van der Waals surface area contributed by atoms with Crippen LogP contribution in [-0.4, -0.2) is 53.3 Å². The molecular weight excluding hydrogens is 230 g/mol. The second-order valence-electron chi connectivity index (χ2n) is 5.85. The van der Waals surface area contributed by atoms with Gasteiger partial charge in [-0.05, 0) is 18.8 Å². The third kappa shape index (κ3) is 2.23. The number of piperazine rings is 1. The van der Waals surface area contributed by atoms with Crippen LogP contribution in [0, 0.1) is 5.92 Å². The highest BCUT2D eigenvalue weighted by Gasteiger charge is 2.38. The van der Waals surface area contributed by atoms with Crippen LogP contribution in [0.25, 0.3) is 0 Å². The minimum atomic E-state index is -0.332.